The molecule has 0 amide bonds. The van der Waals surface area contributed by atoms with Gasteiger partial charge in [0.1, 0.15) is 11.5 Å². The van der Waals surface area contributed by atoms with Crippen molar-refractivity contribution < 1.29 is 9.34 Å². The van der Waals surface area contributed by atoms with Crippen molar-refractivity contribution in [2.24, 2.45) is 5.73 Å². The molecule has 0 saturated heterocycles. The van der Waals surface area contributed by atoms with E-state index in [2.05, 4.69) is 0 Å². The van der Waals surface area contributed by atoms with Crippen LogP contribution in [0.5, 0.6) is 0 Å². The summed E-state index contributed by atoms with van der Waals surface area (Å²) in [6.45, 7) is 0.340. The number of rotatable bonds is 3. The van der Waals surface area contributed by atoms with Gasteiger partial charge >= 0.3 is 0 Å². The number of hydrogen-bond acceptors (Lipinski definition) is 4. The molecule has 2 aromatic rings. The molecule has 1 heterocycles. The van der Waals surface area contributed by atoms with Gasteiger partial charge < -0.3 is 10.2 Å². The van der Waals surface area contributed by atoms with Gasteiger partial charge in [-0.15, -0.1) is 12.4 Å². The Hall–Kier alpha value is -1.85. The molecule has 17 heavy (non-hydrogen) atoms. The summed E-state index contributed by atoms with van der Waals surface area (Å²) in [5.41, 5.74) is 6.28. The predicted octanol–water partition coefficient (Wildman–Crippen LogP) is 2.74. The highest BCUT2D eigenvalue weighted by Crippen LogP contribution is 2.24. The summed E-state index contributed by atoms with van der Waals surface area (Å²) >= 11 is 0. The first-order valence-electron chi connectivity index (χ1n) is 4.74. The molecule has 90 valence electrons. The minimum atomic E-state index is -0.433. The van der Waals surface area contributed by atoms with E-state index in [9.17, 15) is 10.1 Å². The molecule has 0 fully saturated rings. The second kappa shape index (κ2) is 5.47. The third kappa shape index (κ3) is 2.83. The summed E-state index contributed by atoms with van der Waals surface area (Å²) in [6.07, 6.45) is 0. The smallest absolute Gasteiger partial charge is 0.269 e. The fourth-order valence-electron chi connectivity index (χ4n) is 1.39. The molecule has 0 spiro atoms. The molecule has 2 N–H and O–H groups in total. The molecule has 0 radical (unpaired) electrons. The molecule has 1 aromatic heterocycles. The van der Waals surface area contributed by atoms with E-state index in [1.165, 1.54) is 12.1 Å². The van der Waals surface area contributed by atoms with Gasteiger partial charge in [-0.3, -0.25) is 10.1 Å². The van der Waals surface area contributed by atoms with Crippen LogP contribution in [0.4, 0.5) is 5.69 Å². The third-order valence-electron chi connectivity index (χ3n) is 2.23. The maximum atomic E-state index is 10.5. The molecule has 5 nitrogen and oxygen atoms in total. The number of nitro groups is 1. The van der Waals surface area contributed by atoms with Crippen LogP contribution in [-0.2, 0) is 6.54 Å². The van der Waals surface area contributed by atoms with Crippen molar-refractivity contribution in [3.8, 4) is 11.3 Å². The van der Waals surface area contributed by atoms with E-state index in [-0.39, 0.29) is 18.1 Å². The quantitative estimate of drug-likeness (QED) is 0.674. The number of nitrogens with zero attached hydrogens (tertiary/aromatic N) is 1. The highest BCUT2D eigenvalue weighted by Gasteiger charge is 2.07. The topological polar surface area (TPSA) is 82.3 Å². The largest absolute Gasteiger partial charge is 0.460 e. The Morgan fingerprint density at radius 2 is 1.82 bits per heavy atom. The zero-order valence-corrected chi connectivity index (χ0v) is 9.65. The van der Waals surface area contributed by atoms with Crippen LogP contribution < -0.4 is 5.73 Å². The van der Waals surface area contributed by atoms with Crippen LogP contribution in [0.15, 0.2) is 40.8 Å². The number of non-ortho nitro benzene ring substituents is 1. The molecular weight excluding hydrogens is 244 g/mol. The van der Waals surface area contributed by atoms with E-state index in [1.807, 2.05) is 0 Å². The van der Waals surface area contributed by atoms with Gasteiger partial charge in [0.05, 0.1) is 11.5 Å². The molecule has 6 heteroatoms. The number of furan rings is 1. The monoisotopic (exact) mass is 254 g/mol. The molecule has 1 aromatic carbocycles. The molecule has 0 bridgehead atoms. The average Bonchev–Trinajstić information content (AvgIpc) is 2.77. The summed E-state index contributed by atoms with van der Waals surface area (Å²) in [6, 6.07) is 9.77. The summed E-state index contributed by atoms with van der Waals surface area (Å²) < 4.78 is 5.42. The normalized spacial score (nSPS) is 9.71. The van der Waals surface area contributed by atoms with Gasteiger partial charge in [0.2, 0.25) is 0 Å². The molecular formula is C11H11ClN2O3. The number of halogens is 1. The van der Waals surface area contributed by atoms with E-state index >= 15 is 0 Å². The van der Waals surface area contributed by atoms with Crippen LogP contribution in [-0.4, -0.2) is 4.92 Å². The van der Waals surface area contributed by atoms with Crippen LogP contribution in [0.1, 0.15) is 5.76 Å². The SMILES string of the molecule is Cl.NCc1ccc(-c2ccc([N+](=O)[O-])cc2)o1. The molecule has 0 atom stereocenters. The van der Waals surface area contributed by atoms with Crippen molar-refractivity contribution in [3.63, 3.8) is 0 Å². The Kier molecular flexibility index (Phi) is 4.25. The molecule has 0 aliphatic carbocycles. The second-order valence-corrected chi connectivity index (χ2v) is 3.27. The van der Waals surface area contributed by atoms with Crippen LogP contribution in [0.25, 0.3) is 11.3 Å². The van der Waals surface area contributed by atoms with E-state index in [4.69, 9.17) is 10.2 Å². The van der Waals surface area contributed by atoms with Crippen molar-refractivity contribution >= 4 is 18.1 Å². The van der Waals surface area contributed by atoms with Crippen LogP contribution >= 0.6 is 12.4 Å². The van der Waals surface area contributed by atoms with Crippen molar-refractivity contribution in [2.45, 2.75) is 6.54 Å². The summed E-state index contributed by atoms with van der Waals surface area (Å²) in [4.78, 5) is 10.0. The standard InChI is InChI=1S/C11H10N2O3.ClH/c12-7-10-5-6-11(16-10)8-1-3-9(4-2-8)13(14)15;/h1-6H,7,12H2;1H. The lowest BCUT2D eigenvalue weighted by Gasteiger charge is -1.96. The first-order valence-corrected chi connectivity index (χ1v) is 4.74. The maximum Gasteiger partial charge on any atom is 0.269 e. The lowest BCUT2D eigenvalue weighted by molar-refractivity contribution is -0.384. The molecule has 0 unspecified atom stereocenters. The van der Waals surface area contributed by atoms with Gasteiger partial charge in [-0.25, -0.2) is 0 Å². The van der Waals surface area contributed by atoms with E-state index < -0.39 is 4.92 Å². The number of hydrogen-bond donors (Lipinski definition) is 1. The maximum absolute atomic E-state index is 10.5. The van der Waals surface area contributed by atoms with Gasteiger partial charge in [0.15, 0.2) is 0 Å². The van der Waals surface area contributed by atoms with Crippen LogP contribution in [0, 0.1) is 10.1 Å². The minimum Gasteiger partial charge on any atom is -0.460 e. The lowest BCUT2D eigenvalue weighted by atomic mass is 10.1. The Bertz CT molecular complexity index is 508. The zero-order chi connectivity index (χ0) is 11.5. The van der Waals surface area contributed by atoms with Gasteiger partial charge in [0.25, 0.3) is 5.69 Å². The van der Waals surface area contributed by atoms with E-state index in [1.54, 1.807) is 24.3 Å². The zero-order valence-electron chi connectivity index (χ0n) is 8.83. The minimum absolute atomic E-state index is 0. The summed E-state index contributed by atoms with van der Waals surface area (Å²) in [5.74, 6) is 1.35. The lowest BCUT2D eigenvalue weighted by Crippen LogP contribution is -1.92. The number of nitrogens with two attached hydrogens (primary N) is 1. The Balaban J connectivity index is 0.00000144. The fraction of sp³-hybridized carbons (Fsp3) is 0.0909. The Morgan fingerprint density at radius 1 is 1.18 bits per heavy atom. The number of nitro benzene ring substituents is 1. The highest BCUT2D eigenvalue weighted by atomic mass is 35.5. The second-order valence-electron chi connectivity index (χ2n) is 3.27. The number of benzene rings is 1. The Morgan fingerprint density at radius 3 is 2.29 bits per heavy atom. The van der Waals surface area contributed by atoms with Crippen molar-refractivity contribution in [2.75, 3.05) is 0 Å². The highest BCUT2D eigenvalue weighted by molar-refractivity contribution is 5.85. The van der Waals surface area contributed by atoms with E-state index in [0.29, 0.717) is 18.1 Å². The van der Waals surface area contributed by atoms with Crippen molar-refractivity contribution in [1.29, 1.82) is 0 Å². The molecule has 0 aliphatic rings. The van der Waals surface area contributed by atoms with Gasteiger partial charge in [0, 0.05) is 17.7 Å². The van der Waals surface area contributed by atoms with Gasteiger partial charge in [-0.2, -0.15) is 0 Å². The van der Waals surface area contributed by atoms with E-state index in [0.717, 1.165) is 5.56 Å². The Labute approximate surface area is 104 Å². The first-order chi connectivity index (χ1) is 7.70. The molecule has 2 rings (SSSR count). The summed E-state index contributed by atoms with van der Waals surface area (Å²) in [5, 5.41) is 10.5. The predicted molar refractivity (Wildman–Crippen MR) is 65.9 cm³/mol. The first kappa shape index (κ1) is 13.2. The molecule has 0 aliphatic heterocycles. The average molecular weight is 255 g/mol. The van der Waals surface area contributed by atoms with Gasteiger partial charge in [-0.05, 0) is 24.3 Å². The van der Waals surface area contributed by atoms with Crippen LogP contribution in [0.3, 0.4) is 0 Å². The molecule has 0 saturated carbocycles. The van der Waals surface area contributed by atoms with Crippen molar-refractivity contribution in [1.82, 2.24) is 0 Å². The fourth-order valence-corrected chi connectivity index (χ4v) is 1.39. The van der Waals surface area contributed by atoms with Crippen molar-refractivity contribution in [3.05, 3.63) is 52.3 Å². The van der Waals surface area contributed by atoms with Crippen LogP contribution in [0.2, 0.25) is 0 Å². The van der Waals surface area contributed by atoms with Gasteiger partial charge in [-0.1, -0.05) is 0 Å². The summed E-state index contributed by atoms with van der Waals surface area (Å²) in [7, 11) is 0. The third-order valence-corrected chi connectivity index (χ3v) is 2.23.